The van der Waals surface area contributed by atoms with Gasteiger partial charge in [0.25, 0.3) is 16.1 Å². The molecule has 2 heterocycles. The second kappa shape index (κ2) is 7.49. The van der Waals surface area contributed by atoms with Gasteiger partial charge in [0.05, 0.1) is 22.4 Å². The molecular formula is C18H25N5O3S. The molecule has 1 aliphatic rings. The summed E-state index contributed by atoms with van der Waals surface area (Å²) >= 11 is 0. The molecule has 0 bridgehead atoms. The van der Waals surface area contributed by atoms with E-state index >= 15 is 0 Å². The smallest absolute Gasteiger partial charge is 0.279 e. The summed E-state index contributed by atoms with van der Waals surface area (Å²) in [6, 6.07) is 5.21. The highest BCUT2D eigenvalue weighted by Gasteiger charge is 2.27. The lowest BCUT2D eigenvalue weighted by atomic mass is 10.0. The fourth-order valence-corrected chi connectivity index (χ4v) is 3.93. The molecular weight excluding hydrogens is 366 g/mol. The van der Waals surface area contributed by atoms with E-state index in [0.717, 1.165) is 21.2 Å². The van der Waals surface area contributed by atoms with Crippen molar-refractivity contribution in [1.29, 1.82) is 0 Å². The number of nitrogens with zero attached hydrogens (tertiary/aromatic N) is 4. The third-order valence-electron chi connectivity index (χ3n) is 4.90. The number of rotatable bonds is 4. The molecule has 0 radical (unpaired) electrons. The maximum Gasteiger partial charge on any atom is 0.279 e. The number of piperidine rings is 1. The first-order chi connectivity index (χ1) is 12.7. The van der Waals surface area contributed by atoms with Gasteiger partial charge in [0.2, 0.25) is 0 Å². The predicted octanol–water partition coefficient (Wildman–Crippen LogP) is 1.25. The van der Waals surface area contributed by atoms with Crippen LogP contribution in [0.15, 0.2) is 18.2 Å². The second-order valence-electron chi connectivity index (χ2n) is 7.07. The van der Waals surface area contributed by atoms with Gasteiger partial charge in [-0.2, -0.15) is 17.4 Å². The minimum absolute atomic E-state index is 0.0640. The van der Waals surface area contributed by atoms with E-state index in [-0.39, 0.29) is 11.9 Å². The van der Waals surface area contributed by atoms with Crippen LogP contribution in [0.5, 0.6) is 0 Å². The first-order valence-electron chi connectivity index (χ1n) is 8.91. The van der Waals surface area contributed by atoms with Gasteiger partial charge in [-0.25, -0.2) is 9.97 Å². The summed E-state index contributed by atoms with van der Waals surface area (Å²) in [5.74, 6) is -0.0640. The van der Waals surface area contributed by atoms with Crippen LogP contribution in [0.2, 0.25) is 0 Å². The van der Waals surface area contributed by atoms with Crippen LogP contribution in [-0.2, 0) is 10.2 Å². The Balaban J connectivity index is 1.69. The van der Waals surface area contributed by atoms with Crippen molar-refractivity contribution in [3.8, 4) is 0 Å². The van der Waals surface area contributed by atoms with E-state index in [2.05, 4.69) is 14.7 Å². The molecule has 1 aliphatic heterocycles. The van der Waals surface area contributed by atoms with Crippen LogP contribution in [0.1, 0.15) is 34.6 Å². The van der Waals surface area contributed by atoms with Crippen molar-refractivity contribution in [3.63, 3.8) is 0 Å². The maximum atomic E-state index is 12.8. The third-order valence-corrected chi connectivity index (χ3v) is 6.49. The van der Waals surface area contributed by atoms with Gasteiger partial charge >= 0.3 is 0 Å². The summed E-state index contributed by atoms with van der Waals surface area (Å²) in [6.45, 7) is 4.83. The lowest BCUT2D eigenvalue weighted by molar-refractivity contribution is 0.0711. The zero-order valence-electron chi connectivity index (χ0n) is 16.1. The van der Waals surface area contributed by atoms with Crippen LogP contribution in [0.3, 0.4) is 0 Å². The highest BCUT2D eigenvalue weighted by molar-refractivity contribution is 7.87. The van der Waals surface area contributed by atoms with Crippen molar-refractivity contribution in [3.05, 3.63) is 35.2 Å². The van der Waals surface area contributed by atoms with E-state index in [1.807, 2.05) is 19.9 Å². The molecule has 1 aromatic carbocycles. The van der Waals surface area contributed by atoms with E-state index in [1.54, 1.807) is 17.0 Å². The van der Waals surface area contributed by atoms with E-state index in [4.69, 9.17) is 0 Å². The van der Waals surface area contributed by atoms with Crippen molar-refractivity contribution in [2.75, 3.05) is 27.2 Å². The number of amides is 1. The normalized spacial score (nSPS) is 16.3. The molecule has 0 atom stereocenters. The van der Waals surface area contributed by atoms with Crippen LogP contribution in [-0.4, -0.2) is 66.7 Å². The molecule has 3 rings (SSSR count). The Morgan fingerprint density at radius 3 is 2.30 bits per heavy atom. The predicted molar refractivity (Wildman–Crippen MR) is 104 cm³/mol. The number of hydrogen-bond acceptors (Lipinski definition) is 5. The fraction of sp³-hybridized carbons (Fsp3) is 0.500. The Bertz CT molecular complexity index is 966. The van der Waals surface area contributed by atoms with Crippen LogP contribution < -0.4 is 4.72 Å². The number of carbonyl (C=O) groups excluding carboxylic acids is 1. The van der Waals surface area contributed by atoms with Gasteiger partial charge in [-0.05, 0) is 44.9 Å². The number of aryl methyl sites for hydroxylation is 2. The van der Waals surface area contributed by atoms with Crippen LogP contribution in [0.25, 0.3) is 11.0 Å². The minimum atomic E-state index is -3.46. The molecule has 1 saturated heterocycles. The number of carbonyl (C=O) groups is 1. The molecule has 8 nitrogen and oxygen atoms in total. The first-order valence-corrected chi connectivity index (χ1v) is 10.4. The number of benzene rings is 1. The van der Waals surface area contributed by atoms with Crippen molar-refractivity contribution >= 4 is 27.1 Å². The van der Waals surface area contributed by atoms with Crippen LogP contribution in [0.4, 0.5) is 0 Å². The third kappa shape index (κ3) is 4.26. The van der Waals surface area contributed by atoms with Gasteiger partial charge in [0.15, 0.2) is 0 Å². The largest absolute Gasteiger partial charge is 0.339 e. The molecule has 2 aromatic rings. The molecule has 0 unspecified atom stereocenters. The lowest BCUT2D eigenvalue weighted by Crippen LogP contribution is -2.49. The number of nitrogens with one attached hydrogen (secondary N) is 1. The SMILES string of the molecule is Cc1nc2ccc(C(=O)N3CCC(NS(=O)(=O)N(C)C)CC3)cc2nc1C. The fourth-order valence-electron chi connectivity index (χ4n) is 3.06. The Kier molecular flexibility index (Phi) is 5.45. The van der Waals surface area contributed by atoms with Gasteiger partial charge < -0.3 is 4.90 Å². The Morgan fingerprint density at radius 2 is 1.70 bits per heavy atom. The van der Waals surface area contributed by atoms with E-state index in [1.165, 1.54) is 14.1 Å². The zero-order chi connectivity index (χ0) is 19.8. The van der Waals surface area contributed by atoms with E-state index < -0.39 is 10.2 Å². The van der Waals surface area contributed by atoms with Crippen LogP contribution >= 0.6 is 0 Å². The Hall–Kier alpha value is -2.10. The topological polar surface area (TPSA) is 95.5 Å². The van der Waals surface area contributed by atoms with Gasteiger partial charge in [-0.15, -0.1) is 0 Å². The summed E-state index contributed by atoms with van der Waals surface area (Å²) < 4.78 is 27.7. The molecule has 0 saturated carbocycles. The van der Waals surface area contributed by atoms with Gasteiger partial charge in [-0.3, -0.25) is 4.79 Å². The Labute approximate surface area is 159 Å². The standard InChI is InChI=1S/C18H25N5O3S/c1-12-13(2)20-17-11-14(5-6-16(17)19-12)18(24)23-9-7-15(8-10-23)21-27(25,26)22(3)4/h5-6,11,15,21H,7-10H2,1-4H3. The van der Waals surface area contributed by atoms with Crippen molar-refractivity contribution < 1.29 is 13.2 Å². The van der Waals surface area contributed by atoms with E-state index in [9.17, 15) is 13.2 Å². The molecule has 146 valence electrons. The monoisotopic (exact) mass is 391 g/mol. The van der Waals surface area contributed by atoms with Crippen molar-refractivity contribution in [2.24, 2.45) is 0 Å². The van der Waals surface area contributed by atoms with Crippen molar-refractivity contribution in [2.45, 2.75) is 32.7 Å². The average molecular weight is 391 g/mol. The molecule has 1 fully saturated rings. The highest BCUT2D eigenvalue weighted by Crippen LogP contribution is 2.18. The van der Waals surface area contributed by atoms with E-state index in [0.29, 0.717) is 37.0 Å². The molecule has 0 spiro atoms. The first kappa shape index (κ1) is 19.7. The van der Waals surface area contributed by atoms with Gasteiger partial charge in [-0.1, -0.05) is 0 Å². The summed E-state index contributed by atoms with van der Waals surface area (Å²) in [6.07, 6.45) is 1.18. The summed E-state index contributed by atoms with van der Waals surface area (Å²) in [7, 11) is -0.469. The number of fused-ring (bicyclic) bond motifs is 1. The zero-order valence-corrected chi connectivity index (χ0v) is 16.9. The number of hydrogen-bond donors (Lipinski definition) is 1. The average Bonchev–Trinajstić information content (AvgIpc) is 2.62. The molecule has 1 N–H and O–H groups in total. The van der Waals surface area contributed by atoms with Gasteiger partial charge in [0, 0.05) is 38.8 Å². The molecule has 1 amide bonds. The minimum Gasteiger partial charge on any atom is -0.339 e. The molecule has 0 aliphatic carbocycles. The molecule has 1 aromatic heterocycles. The summed E-state index contributed by atoms with van der Waals surface area (Å²) in [5, 5.41) is 0. The Morgan fingerprint density at radius 1 is 1.11 bits per heavy atom. The summed E-state index contributed by atoms with van der Waals surface area (Å²) in [5.41, 5.74) is 3.78. The van der Waals surface area contributed by atoms with Gasteiger partial charge in [0.1, 0.15) is 0 Å². The highest BCUT2D eigenvalue weighted by atomic mass is 32.2. The van der Waals surface area contributed by atoms with Crippen molar-refractivity contribution in [1.82, 2.24) is 23.9 Å². The second-order valence-corrected chi connectivity index (χ2v) is 8.99. The molecule has 27 heavy (non-hydrogen) atoms. The number of aromatic nitrogens is 2. The molecule has 9 heteroatoms. The number of likely N-dealkylation sites (tertiary alicyclic amines) is 1. The van der Waals surface area contributed by atoms with Crippen LogP contribution in [0, 0.1) is 13.8 Å². The maximum absolute atomic E-state index is 12.8. The lowest BCUT2D eigenvalue weighted by Gasteiger charge is -2.32. The quantitative estimate of drug-likeness (QED) is 0.846. The summed E-state index contributed by atoms with van der Waals surface area (Å²) in [4.78, 5) is 23.6.